The van der Waals surface area contributed by atoms with E-state index in [1.165, 1.54) is 84.5 Å². The quantitative estimate of drug-likeness (QED) is 0.0818. The molecule has 5 aromatic rings. The van der Waals surface area contributed by atoms with Gasteiger partial charge in [0, 0.05) is 39.8 Å². The van der Waals surface area contributed by atoms with Crippen LogP contribution in [0, 0.1) is 11.8 Å². The lowest BCUT2D eigenvalue weighted by Crippen LogP contribution is -2.05. The average Bonchev–Trinajstić information content (AvgIpc) is 4.07. The van der Waals surface area contributed by atoms with E-state index in [9.17, 15) is 9.90 Å². The molecule has 1 amide bonds. The number of aliphatic imine (C=N–C) groups is 1. The van der Waals surface area contributed by atoms with Gasteiger partial charge in [0.25, 0.3) is 5.91 Å². The van der Waals surface area contributed by atoms with E-state index in [4.69, 9.17) is 4.99 Å². The van der Waals surface area contributed by atoms with Crippen LogP contribution in [0.1, 0.15) is 162 Å². The predicted octanol–water partition coefficient (Wildman–Crippen LogP) is 16.0. The maximum Gasteiger partial charge on any atom is 0.280 e. The number of hydrogen-bond donors (Lipinski definition) is 2. The molecule has 304 valence electrons. The lowest BCUT2D eigenvalue weighted by Gasteiger charge is -2.17. The lowest BCUT2D eigenvalue weighted by molar-refractivity contribution is 0.101. The zero-order valence-corrected chi connectivity index (χ0v) is 39.5. The number of aromatic amines is 1. The molecule has 7 rings (SSSR count). The third kappa shape index (κ3) is 9.07. The molecule has 0 radical (unpaired) electrons. The van der Waals surface area contributed by atoms with E-state index in [1.807, 2.05) is 46.2 Å². The van der Waals surface area contributed by atoms with Gasteiger partial charge >= 0.3 is 0 Å². The van der Waals surface area contributed by atoms with Crippen LogP contribution in [-0.2, 0) is 19.3 Å². The van der Waals surface area contributed by atoms with Crippen LogP contribution in [0.2, 0.25) is 0 Å². The van der Waals surface area contributed by atoms with Crippen molar-refractivity contribution in [3.63, 3.8) is 0 Å². The minimum absolute atomic E-state index is 0.0394. The second-order valence-electron chi connectivity index (χ2n) is 15.7. The Hall–Kier alpha value is -2.34. The van der Waals surface area contributed by atoms with E-state index >= 15 is 0 Å². The summed E-state index contributed by atoms with van der Waals surface area (Å²) in [5, 5.41) is 14.7. The number of thiophene rings is 4. The van der Waals surface area contributed by atoms with Gasteiger partial charge in [-0.3, -0.25) is 4.79 Å². The van der Waals surface area contributed by atoms with E-state index in [0.717, 1.165) is 48.3 Å². The van der Waals surface area contributed by atoms with Crippen molar-refractivity contribution in [2.45, 2.75) is 129 Å². The molecule has 0 spiro atoms. The summed E-state index contributed by atoms with van der Waals surface area (Å²) < 4.78 is 0. The Morgan fingerprint density at radius 1 is 0.860 bits per heavy atom. The zero-order chi connectivity index (χ0) is 40.2. The number of hydrogen-bond acceptors (Lipinski definition) is 8. The topological polar surface area (TPSA) is 65.5 Å². The van der Waals surface area contributed by atoms with E-state index < -0.39 is 0 Å². The number of aromatic hydroxyl groups is 1. The maximum absolute atomic E-state index is 14.1. The summed E-state index contributed by atoms with van der Waals surface area (Å²) in [5.41, 5.74) is 6.55. The van der Waals surface area contributed by atoms with Gasteiger partial charge in [0.1, 0.15) is 0 Å². The Kier molecular flexibility index (Phi) is 14.5. The molecule has 57 heavy (non-hydrogen) atoms. The Balaban J connectivity index is 1.25. The van der Waals surface area contributed by atoms with Crippen molar-refractivity contribution in [3.05, 3.63) is 89.1 Å². The standard InChI is InChI=1S/C47H58N2O2S6/c1-8-13-15-28(10-3)23-31-25-37(56-44(31)35-18-17-33(54-35)27(6)52-7)41-39-40(47(51)48-41)42(49-46(39)50)38-26-32(24-29(11-4)16-14-9-2)45(57-38)36-20-19-34(55-36)43-30(12-5)21-22-53-43/h17-19,21-22,25-29,36,49-50H,8-16,20,23-24H2,1-7H3. The molecule has 10 heteroatoms. The summed E-state index contributed by atoms with van der Waals surface area (Å²) in [7, 11) is 0. The Morgan fingerprint density at radius 2 is 1.58 bits per heavy atom. The first-order valence-electron chi connectivity index (χ1n) is 21.1. The van der Waals surface area contributed by atoms with Crippen LogP contribution in [-0.4, -0.2) is 28.0 Å². The number of amides is 1. The third-order valence-corrected chi connectivity index (χ3v) is 19.6. The smallest absolute Gasteiger partial charge is 0.280 e. The van der Waals surface area contributed by atoms with Crippen LogP contribution in [0.5, 0.6) is 5.88 Å². The average molecular weight is 875 g/mol. The SMILES string of the molecule is CCCCC(CC)Cc1cc(C2=NC(=O)c3c(-c4cc(CC(CC)CCCC)c(C5CC=C(c6sccc6CC)S5)s4)[nH]c(O)c32)sc1-c1ccc(C(C)SC)s1. The molecular weight excluding hydrogens is 817 g/mol. The van der Waals surface area contributed by atoms with Gasteiger partial charge in [-0.25, -0.2) is 4.99 Å². The molecule has 5 aromatic heterocycles. The molecule has 2 aliphatic rings. The van der Waals surface area contributed by atoms with E-state index in [0.29, 0.717) is 44.9 Å². The van der Waals surface area contributed by atoms with Crippen molar-refractivity contribution in [2.75, 3.05) is 6.26 Å². The molecular formula is C47H58N2O2S6. The summed E-state index contributed by atoms with van der Waals surface area (Å²) in [5.74, 6) is 0.996. The molecule has 0 fully saturated rings. The minimum Gasteiger partial charge on any atom is -0.494 e. The highest BCUT2D eigenvalue weighted by Crippen LogP contribution is 2.54. The molecule has 2 aliphatic heterocycles. The van der Waals surface area contributed by atoms with Gasteiger partial charge in [-0.05, 0) is 103 Å². The highest BCUT2D eigenvalue weighted by molar-refractivity contribution is 8.09. The predicted molar refractivity (Wildman–Crippen MR) is 256 cm³/mol. The summed E-state index contributed by atoms with van der Waals surface area (Å²) in [6.07, 6.45) is 18.3. The van der Waals surface area contributed by atoms with Crippen LogP contribution in [0.15, 0.2) is 46.8 Å². The largest absolute Gasteiger partial charge is 0.494 e. The molecule has 0 saturated carbocycles. The van der Waals surface area contributed by atoms with Crippen molar-refractivity contribution in [2.24, 2.45) is 16.8 Å². The number of unbranched alkanes of at least 4 members (excludes halogenated alkanes) is 2. The summed E-state index contributed by atoms with van der Waals surface area (Å²) >= 11 is 11.1. The highest BCUT2D eigenvalue weighted by Gasteiger charge is 2.36. The van der Waals surface area contributed by atoms with Gasteiger partial charge in [0.05, 0.1) is 32.3 Å². The second-order valence-corrected chi connectivity index (χ2v) is 22.3. The van der Waals surface area contributed by atoms with Crippen LogP contribution in [0.3, 0.4) is 0 Å². The normalized spacial score (nSPS) is 17.0. The fraction of sp³-hybridized carbons (Fsp3) is 0.489. The number of nitrogens with one attached hydrogen (secondary N) is 1. The fourth-order valence-corrected chi connectivity index (χ4v) is 15.2. The van der Waals surface area contributed by atoms with Gasteiger partial charge in [-0.2, -0.15) is 11.8 Å². The van der Waals surface area contributed by atoms with E-state index in [1.54, 1.807) is 22.7 Å². The fourth-order valence-electron chi connectivity index (χ4n) is 8.33. The third-order valence-electron chi connectivity index (χ3n) is 11.9. The summed E-state index contributed by atoms with van der Waals surface area (Å²) in [6.45, 7) is 13.7. The van der Waals surface area contributed by atoms with Crippen LogP contribution in [0.25, 0.3) is 25.2 Å². The van der Waals surface area contributed by atoms with Gasteiger partial charge in [-0.15, -0.1) is 57.1 Å². The highest BCUT2D eigenvalue weighted by atomic mass is 32.2. The van der Waals surface area contributed by atoms with Crippen molar-refractivity contribution >= 4 is 85.4 Å². The number of nitrogens with zero attached hydrogens (tertiary/aromatic N) is 1. The minimum atomic E-state index is -0.264. The van der Waals surface area contributed by atoms with Crippen molar-refractivity contribution in [3.8, 4) is 26.2 Å². The number of H-pyrrole nitrogens is 1. The van der Waals surface area contributed by atoms with Crippen LogP contribution >= 0.6 is 68.9 Å². The van der Waals surface area contributed by atoms with E-state index in [2.05, 4.69) is 94.6 Å². The van der Waals surface area contributed by atoms with Crippen LogP contribution < -0.4 is 0 Å². The first-order chi connectivity index (χ1) is 27.7. The first kappa shape index (κ1) is 42.8. The molecule has 4 nitrogen and oxygen atoms in total. The zero-order valence-electron chi connectivity index (χ0n) is 34.6. The lowest BCUT2D eigenvalue weighted by atomic mass is 9.91. The Labute approximate surface area is 365 Å². The van der Waals surface area contributed by atoms with Crippen molar-refractivity contribution in [1.82, 2.24) is 4.98 Å². The Bertz CT molecular complexity index is 2230. The van der Waals surface area contributed by atoms with Gasteiger partial charge in [0.15, 0.2) is 5.88 Å². The number of aromatic nitrogens is 1. The molecule has 0 saturated heterocycles. The van der Waals surface area contributed by atoms with Gasteiger partial charge < -0.3 is 10.1 Å². The van der Waals surface area contributed by atoms with Gasteiger partial charge in [-0.1, -0.05) is 92.1 Å². The number of thioether (sulfide) groups is 2. The molecule has 0 aromatic carbocycles. The monoisotopic (exact) mass is 874 g/mol. The molecule has 0 aliphatic carbocycles. The van der Waals surface area contributed by atoms with Crippen molar-refractivity contribution in [1.29, 1.82) is 0 Å². The summed E-state index contributed by atoms with van der Waals surface area (Å²) in [6, 6.07) is 11.4. The van der Waals surface area contributed by atoms with Gasteiger partial charge in [0.2, 0.25) is 0 Å². The Morgan fingerprint density at radius 3 is 2.26 bits per heavy atom. The molecule has 4 atom stereocenters. The number of fused-ring (bicyclic) bond motifs is 1. The number of aryl methyl sites for hydroxylation is 1. The number of rotatable bonds is 20. The maximum atomic E-state index is 14.1. The summed E-state index contributed by atoms with van der Waals surface area (Å²) in [4.78, 5) is 32.3. The number of carbonyl (C=O) groups is 1. The van der Waals surface area contributed by atoms with Crippen molar-refractivity contribution < 1.29 is 9.90 Å². The van der Waals surface area contributed by atoms with Crippen LogP contribution in [0.4, 0.5) is 0 Å². The molecule has 0 bridgehead atoms. The number of allylic oxidation sites excluding steroid dienone is 1. The first-order valence-corrected chi connectivity index (χ1v) is 26.6. The number of carbonyl (C=O) groups excluding carboxylic acids is 1. The second kappa shape index (κ2) is 19.4. The van der Waals surface area contributed by atoms with E-state index in [-0.39, 0.29) is 11.8 Å². The molecule has 2 N–H and O–H groups in total. The molecule has 7 heterocycles. The molecule has 4 unspecified atom stereocenters.